The van der Waals surface area contributed by atoms with Gasteiger partial charge in [0, 0.05) is 62.3 Å². The molecule has 0 aliphatic rings. The summed E-state index contributed by atoms with van der Waals surface area (Å²) in [6.07, 6.45) is 5.78. The Labute approximate surface area is 245 Å². The van der Waals surface area contributed by atoms with Crippen LogP contribution >= 0.6 is 0 Å². The fourth-order valence-electron chi connectivity index (χ4n) is 7.11. The summed E-state index contributed by atoms with van der Waals surface area (Å²) in [6.45, 7) is 0. The first-order chi connectivity index (χ1) is 21.3. The standard InChI is InChI=1S/C38H23N5/c1-3-10-24(11-4-1)42-32-15-8-7-14-26(32)28-21-35-29(22-34(28)42)27-20-31-30(23-36(27)43(35)25-12-5-2-6-13-25)37-33(16-9-17-39-37)41-19-18-40-38(31)41/h1-23H. The molecule has 200 valence electrons. The van der Waals surface area contributed by atoms with Gasteiger partial charge in [0.1, 0.15) is 5.65 Å². The quantitative estimate of drug-likeness (QED) is 0.202. The summed E-state index contributed by atoms with van der Waals surface area (Å²) < 4.78 is 6.95. The molecule has 5 nitrogen and oxygen atoms in total. The van der Waals surface area contributed by atoms with Crippen LogP contribution in [0, 0.1) is 0 Å². The van der Waals surface area contributed by atoms with Crippen LogP contribution in [-0.4, -0.2) is 23.5 Å². The minimum Gasteiger partial charge on any atom is -0.309 e. The highest BCUT2D eigenvalue weighted by Crippen LogP contribution is 2.41. The molecule has 5 aromatic carbocycles. The van der Waals surface area contributed by atoms with Gasteiger partial charge in [-0.15, -0.1) is 0 Å². The fourth-order valence-corrected chi connectivity index (χ4v) is 7.11. The van der Waals surface area contributed by atoms with Gasteiger partial charge in [0.15, 0.2) is 0 Å². The molecule has 10 aromatic rings. The van der Waals surface area contributed by atoms with Crippen molar-refractivity contribution in [1.82, 2.24) is 23.5 Å². The number of hydrogen-bond donors (Lipinski definition) is 0. The van der Waals surface area contributed by atoms with Crippen molar-refractivity contribution in [1.29, 1.82) is 0 Å². The number of aromatic nitrogens is 5. The van der Waals surface area contributed by atoms with Crippen LogP contribution in [-0.2, 0) is 0 Å². The molecular formula is C38H23N5. The van der Waals surface area contributed by atoms with Gasteiger partial charge in [0.25, 0.3) is 0 Å². The first-order valence-corrected chi connectivity index (χ1v) is 14.5. The molecule has 10 rings (SSSR count). The molecule has 0 fully saturated rings. The van der Waals surface area contributed by atoms with Crippen molar-refractivity contribution in [3.05, 3.63) is 140 Å². The summed E-state index contributed by atoms with van der Waals surface area (Å²) in [6, 6.07) is 43.6. The molecule has 0 saturated heterocycles. The molecule has 5 heteroatoms. The van der Waals surface area contributed by atoms with Gasteiger partial charge in [-0.1, -0.05) is 54.6 Å². The Morgan fingerprint density at radius 2 is 0.977 bits per heavy atom. The average molecular weight is 550 g/mol. The Morgan fingerprint density at radius 3 is 1.72 bits per heavy atom. The molecule has 0 saturated carbocycles. The van der Waals surface area contributed by atoms with Gasteiger partial charge in [-0.25, -0.2) is 4.98 Å². The van der Waals surface area contributed by atoms with E-state index in [9.17, 15) is 0 Å². The molecule has 0 radical (unpaired) electrons. The maximum Gasteiger partial charge on any atom is 0.145 e. The Kier molecular flexibility index (Phi) is 4.39. The van der Waals surface area contributed by atoms with Crippen LogP contribution in [0.15, 0.2) is 140 Å². The van der Waals surface area contributed by atoms with Crippen LogP contribution in [0.4, 0.5) is 0 Å². The van der Waals surface area contributed by atoms with Crippen molar-refractivity contribution >= 4 is 71.1 Å². The van der Waals surface area contributed by atoms with E-state index in [2.05, 4.69) is 129 Å². The van der Waals surface area contributed by atoms with Crippen molar-refractivity contribution in [3.63, 3.8) is 0 Å². The Balaban J connectivity index is 1.45. The van der Waals surface area contributed by atoms with Crippen molar-refractivity contribution in [3.8, 4) is 11.4 Å². The summed E-state index contributed by atoms with van der Waals surface area (Å²) in [5.74, 6) is 0. The lowest BCUT2D eigenvalue weighted by molar-refractivity contribution is 1.17. The van der Waals surface area contributed by atoms with Crippen LogP contribution < -0.4 is 0 Å². The summed E-state index contributed by atoms with van der Waals surface area (Å²) in [5.41, 5.74) is 9.98. The zero-order valence-electron chi connectivity index (χ0n) is 23.0. The molecule has 0 N–H and O–H groups in total. The number of nitrogens with zero attached hydrogens (tertiary/aromatic N) is 5. The van der Waals surface area contributed by atoms with Crippen LogP contribution in [0.2, 0.25) is 0 Å². The Morgan fingerprint density at radius 1 is 0.395 bits per heavy atom. The highest BCUT2D eigenvalue weighted by Gasteiger charge is 2.20. The van der Waals surface area contributed by atoms with E-state index in [0.717, 1.165) is 44.3 Å². The number of hydrogen-bond acceptors (Lipinski definition) is 2. The normalized spacial score (nSPS) is 12.2. The second-order valence-corrected chi connectivity index (χ2v) is 11.2. The van der Waals surface area contributed by atoms with Gasteiger partial charge in [-0.05, 0) is 66.7 Å². The first kappa shape index (κ1) is 22.7. The minimum atomic E-state index is 0.942. The number of rotatable bonds is 2. The molecule has 43 heavy (non-hydrogen) atoms. The number of benzene rings is 5. The van der Waals surface area contributed by atoms with E-state index in [1.807, 2.05) is 24.7 Å². The van der Waals surface area contributed by atoms with E-state index >= 15 is 0 Å². The molecular weight excluding hydrogens is 526 g/mol. The van der Waals surface area contributed by atoms with Gasteiger partial charge >= 0.3 is 0 Å². The molecule has 5 heterocycles. The van der Waals surface area contributed by atoms with Crippen LogP contribution in [0.25, 0.3) is 82.4 Å². The third-order valence-electron chi connectivity index (χ3n) is 8.91. The predicted octanol–water partition coefficient (Wildman–Crippen LogP) is 9.23. The van der Waals surface area contributed by atoms with Gasteiger partial charge in [-0.2, -0.15) is 0 Å². The van der Waals surface area contributed by atoms with E-state index in [1.54, 1.807) is 0 Å². The van der Waals surface area contributed by atoms with Crippen molar-refractivity contribution < 1.29 is 0 Å². The van der Waals surface area contributed by atoms with Crippen LogP contribution in [0.3, 0.4) is 0 Å². The van der Waals surface area contributed by atoms with Crippen LogP contribution in [0.1, 0.15) is 0 Å². The highest BCUT2D eigenvalue weighted by atomic mass is 15.0. The van der Waals surface area contributed by atoms with Crippen molar-refractivity contribution in [2.45, 2.75) is 0 Å². The lowest BCUT2D eigenvalue weighted by Gasteiger charge is -2.10. The molecule has 0 aliphatic carbocycles. The lowest BCUT2D eigenvalue weighted by atomic mass is 10.0. The van der Waals surface area contributed by atoms with E-state index in [4.69, 9.17) is 9.97 Å². The SMILES string of the molecule is c1ccc(-n2c3ccccc3c3cc4c(cc32)c2cc3c(cc2n4-c2ccccc2)c2ncccc2n2ccnc32)cc1. The molecule has 5 aromatic heterocycles. The Bertz CT molecular complexity index is 2710. The number of pyridine rings is 2. The van der Waals surface area contributed by atoms with E-state index in [0.29, 0.717) is 0 Å². The summed E-state index contributed by atoms with van der Waals surface area (Å²) in [5, 5.41) is 7.08. The molecule has 0 spiro atoms. The second-order valence-electron chi connectivity index (χ2n) is 11.2. The van der Waals surface area contributed by atoms with Crippen molar-refractivity contribution in [2.75, 3.05) is 0 Å². The molecule has 0 amide bonds. The minimum absolute atomic E-state index is 0.942. The average Bonchev–Trinajstić information content (AvgIpc) is 3.77. The van der Waals surface area contributed by atoms with Gasteiger partial charge in [-0.3, -0.25) is 9.38 Å². The lowest BCUT2D eigenvalue weighted by Crippen LogP contribution is -1.95. The third-order valence-corrected chi connectivity index (χ3v) is 8.91. The number of para-hydroxylation sites is 3. The largest absolute Gasteiger partial charge is 0.309 e. The van der Waals surface area contributed by atoms with E-state index in [-0.39, 0.29) is 0 Å². The number of fused-ring (bicyclic) bond motifs is 12. The molecule has 0 unspecified atom stereocenters. The topological polar surface area (TPSA) is 40.0 Å². The molecule has 0 aliphatic heterocycles. The van der Waals surface area contributed by atoms with Gasteiger partial charge in [0.2, 0.25) is 0 Å². The monoisotopic (exact) mass is 549 g/mol. The summed E-state index contributed by atoms with van der Waals surface area (Å²) >= 11 is 0. The predicted molar refractivity (Wildman–Crippen MR) is 177 cm³/mol. The summed E-state index contributed by atoms with van der Waals surface area (Å²) in [4.78, 5) is 9.66. The zero-order valence-corrected chi connectivity index (χ0v) is 23.0. The fraction of sp³-hybridized carbons (Fsp3) is 0. The molecule has 0 atom stereocenters. The van der Waals surface area contributed by atoms with Crippen LogP contribution in [0.5, 0.6) is 0 Å². The van der Waals surface area contributed by atoms with E-state index in [1.165, 1.54) is 38.1 Å². The Hall–Kier alpha value is -5.94. The molecule has 0 bridgehead atoms. The highest BCUT2D eigenvalue weighted by molar-refractivity contribution is 6.23. The smallest absolute Gasteiger partial charge is 0.145 e. The summed E-state index contributed by atoms with van der Waals surface area (Å²) in [7, 11) is 0. The third kappa shape index (κ3) is 3.00. The van der Waals surface area contributed by atoms with Gasteiger partial charge in [0.05, 0.1) is 33.1 Å². The van der Waals surface area contributed by atoms with E-state index < -0.39 is 0 Å². The van der Waals surface area contributed by atoms with Gasteiger partial charge < -0.3 is 9.13 Å². The first-order valence-electron chi connectivity index (χ1n) is 14.5. The zero-order chi connectivity index (χ0) is 28.1. The number of imidazole rings is 1. The maximum atomic E-state index is 4.86. The van der Waals surface area contributed by atoms with Crippen molar-refractivity contribution in [2.24, 2.45) is 0 Å². The second kappa shape index (κ2) is 8.30. The maximum absolute atomic E-state index is 4.86.